The molecule has 1 aromatic heterocycles. The summed E-state index contributed by atoms with van der Waals surface area (Å²) in [4.78, 5) is 25.4. The Balaban J connectivity index is 2.04. The molecule has 0 aliphatic carbocycles. The van der Waals surface area contributed by atoms with E-state index in [2.05, 4.69) is 0 Å². The fraction of sp³-hybridized carbons (Fsp3) is 0.308. The van der Waals surface area contributed by atoms with Gasteiger partial charge < -0.3 is 9.15 Å². The van der Waals surface area contributed by atoms with Crippen LogP contribution in [-0.4, -0.2) is 34.2 Å². The monoisotopic (exact) mass is 311 g/mol. The van der Waals surface area contributed by atoms with Crippen LogP contribution < -0.4 is 0 Å². The molecular weight excluding hydrogens is 298 g/mol. The molecule has 1 aliphatic heterocycles. The number of thiocarbonyl (C=S) groups is 1. The van der Waals surface area contributed by atoms with Gasteiger partial charge in [-0.15, -0.1) is 0 Å². The first kappa shape index (κ1) is 14.8. The molecule has 0 aromatic carbocycles. The SMILES string of the molecule is CCCOC(=O)CN1C(=O)C(=Cc2ccco2)SC1=S. The van der Waals surface area contributed by atoms with Gasteiger partial charge >= 0.3 is 5.97 Å². The molecule has 0 unspecified atom stereocenters. The smallest absolute Gasteiger partial charge is 0.326 e. The van der Waals surface area contributed by atoms with Crippen LogP contribution in [-0.2, 0) is 14.3 Å². The molecule has 1 aliphatic rings. The first-order chi connectivity index (χ1) is 9.61. The minimum absolute atomic E-state index is 0.153. The molecule has 0 atom stereocenters. The summed E-state index contributed by atoms with van der Waals surface area (Å²) in [7, 11) is 0. The Morgan fingerprint density at radius 3 is 3.05 bits per heavy atom. The summed E-state index contributed by atoms with van der Waals surface area (Å²) in [6.07, 6.45) is 3.87. The number of hydrogen-bond acceptors (Lipinski definition) is 6. The van der Waals surface area contributed by atoms with E-state index in [9.17, 15) is 9.59 Å². The van der Waals surface area contributed by atoms with Crippen LogP contribution >= 0.6 is 24.0 Å². The number of furan rings is 1. The van der Waals surface area contributed by atoms with E-state index in [1.54, 1.807) is 18.2 Å². The van der Waals surface area contributed by atoms with Crippen molar-refractivity contribution < 1.29 is 18.7 Å². The third kappa shape index (κ3) is 3.49. The lowest BCUT2D eigenvalue weighted by atomic mass is 10.3. The predicted octanol–water partition coefficient (Wildman–Crippen LogP) is 2.43. The number of thioether (sulfide) groups is 1. The average molecular weight is 311 g/mol. The summed E-state index contributed by atoms with van der Waals surface area (Å²) in [5.41, 5.74) is 0. The van der Waals surface area contributed by atoms with Crippen LogP contribution in [0.4, 0.5) is 0 Å². The van der Waals surface area contributed by atoms with E-state index in [0.29, 0.717) is 21.6 Å². The number of carbonyl (C=O) groups is 2. The lowest BCUT2D eigenvalue weighted by Crippen LogP contribution is -2.34. The average Bonchev–Trinajstić information content (AvgIpc) is 3.01. The molecule has 0 saturated carbocycles. The molecule has 7 heteroatoms. The number of carbonyl (C=O) groups excluding carboxylic acids is 2. The summed E-state index contributed by atoms with van der Waals surface area (Å²) >= 11 is 6.26. The normalized spacial score (nSPS) is 17.1. The second kappa shape index (κ2) is 6.71. The highest BCUT2D eigenvalue weighted by molar-refractivity contribution is 8.26. The van der Waals surface area contributed by atoms with Crippen molar-refractivity contribution in [3.05, 3.63) is 29.1 Å². The largest absolute Gasteiger partial charge is 0.465 e. The molecule has 1 fully saturated rings. The van der Waals surface area contributed by atoms with Crippen LogP contribution in [0.1, 0.15) is 19.1 Å². The van der Waals surface area contributed by atoms with Gasteiger partial charge in [-0.05, 0) is 18.6 Å². The number of ether oxygens (including phenoxy) is 1. The molecule has 1 amide bonds. The van der Waals surface area contributed by atoms with Gasteiger partial charge in [0.05, 0.1) is 17.8 Å². The zero-order chi connectivity index (χ0) is 14.5. The molecule has 106 valence electrons. The summed E-state index contributed by atoms with van der Waals surface area (Å²) in [5, 5.41) is 0. The highest BCUT2D eigenvalue weighted by Crippen LogP contribution is 2.32. The molecule has 0 radical (unpaired) electrons. The molecule has 0 spiro atoms. The zero-order valence-corrected chi connectivity index (χ0v) is 12.5. The summed E-state index contributed by atoms with van der Waals surface area (Å²) in [5.74, 6) is -0.189. The van der Waals surface area contributed by atoms with Gasteiger partial charge in [-0.25, -0.2) is 0 Å². The van der Waals surface area contributed by atoms with E-state index in [1.807, 2.05) is 6.92 Å². The van der Waals surface area contributed by atoms with Gasteiger partial charge in [0.2, 0.25) is 0 Å². The van der Waals surface area contributed by atoms with E-state index in [4.69, 9.17) is 21.4 Å². The third-order valence-corrected chi connectivity index (χ3v) is 3.82. The molecule has 1 aromatic rings. The number of rotatable bonds is 5. The van der Waals surface area contributed by atoms with E-state index in [-0.39, 0.29) is 12.5 Å². The van der Waals surface area contributed by atoms with E-state index >= 15 is 0 Å². The topological polar surface area (TPSA) is 59.8 Å². The van der Waals surface area contributed by atoms with Gasteiger partial charge in [-0.1, -0.05) is 30.9 Å². The van der Waals surface area contributed by atoms with Crippen LogP contribution in [0.5, 0.6) is 0 Å². The van der Waals surface area contributed by atoms with Crippen LogP contribution in [0.25, 0.3) is 6.08 Å². The van der Waals surface area contributed by atoms with Gasteiger partial charge in [0, 0.05) is 6.08 Å². The molecule has 5 nitrogen and oxygen atoms in total. The Kier molecular flexibility index (Phi) is 4.97. The minimum atomic E-state index is -0.456. The van der Waals surface area contributed by atoms with Crippen LogP contribution in [0.15, 0.2) is 27.7 Å². The molecule has 20 heavy (non-hydrogen) atoms. The second-order valence-electron chi connectivity index (χ2n) is 4.00. The van der Waals surface area contributed by atoms with Gasteiger partial charge in [-0.2, -0.15) is 0 Å². The van der Waals surface area contributed by atoms with Crippen LogP contribution in [0.2, 0.25) is 0 Å². The van der Waals surface area contributed by atoms with E-state index in [0.717, 1.165) is 18.2 Å². The number of hydrogen-bond donors (Lipinski definition) is 0. The highest BCUT2D eigenvalue weighted by Gasteiger charge is 2.33. The van der Waals surface area contributed by atoms with Crippen LogP contribution in [0.3, 0.4) is 0 Å². The minimum Gasteiger partial charge on any atom is -0.465 e. The van der Waals surface area contributed by atoms with Crippen molar-refractivity contribution in [2.45, 2.75) is 13.3 Å². The fourth-order valence-electron chi connectivity index (χ4n) is 1.53. The Labute approximate surface area is 125 Å². The van der Waals surface area contributed by atoms with Crippen molar-refractivity contribution in [2.24, 2.45) is 0 Å². The van der Waals surface area contributed by atoms with Crippen molar-refractivity contribution in [3.63, 3.8) is 0 Å². The van der Waals surface area contributed by atoms with Gasteiger partial charge in [0.1, 0.15) is 16.6 Å². The Bertz CT molecular complexity index is 551. The van der Waals surface area contributed by atoms with Gasteiger partial charge in [0.25, 0.3) is 5.91 Å². The summed E-state index contributed by atoms with van der Waals surface area (Å²) < 4.78 is 10.5. The molecule has 2 heterocycles. The maximum absolute atomic E-state index is 12.2. The Morgan fingerprint density at radius 2 is 2.40 bits per heavy atom. The van der Waals surface area contributed by atoms with Crippen molar-refractivity contribution in [1.82, 2.24) is 4.90 Å². The van der Waals surface area contributed by atoms with Crippen molar-refractivity contribution >= 4 is 46.3 Å². The molecule has 2 rings (SSSR count). The van der Waals surface area contributed by atoms with Gasteiger partial charge in [0.15, 0.2) is 0 Å². The fourth-order valence-corrected chi connectivity index (χ4v) is 2.76. The lowest BCUT2D eigenvalue weighted by Gasteiger charge is -2.13. The Morgan fingerprint density at radius 1 is 1.60 bits per heavy atom. The lowest BCUT2D eigenvalue weighted by molar-refractivity contribution is -0.146. The van der Waals surface area contributed by atoms with Crippen molar-refractivity contribution in [1.29, 1.82) is 0 Å². The van der Waals surface area contributed by atoms with Crippen LogP contribution in [0, 0.1) is 0 Å². The first-order valence-electron chi connectivity index (χ1n) is 6.06. The number of nitrogens with zero attached hydrogens (tertiary/aromatic N) is 1. The highest BCUT2D eigenvalue weighted by atomic mass is 32.2. The summed E-state index contributed by atoms with van der Waals surface area (Å²) in [6.45, 7) is 2.09. The number of esters is 1. The van der Waals surface area contributed by atoms with E-state index in [1.165, 1.54) is 11.2 Å². The maximum Gasteiger partial charge on any atom is 0.326 e. The quantitative estimate of drug-likeness (QED) is 0.473. The predicted molar refractivity (Wildman–Crippen MR) is 79.8 cm³/mol. The second-order valence-corrected chi connectivity index (χ2v) is 5.68. The number of amides is 1. The first-order valence-corrected chi connectivity index (χ1v) is 7.28. The van der Waals surface area contributed by atoms with E-state index < -0.39 is 5.97 Å². The zero-order valence-electron chi connectivity index (χ0n) is 10.8. The third-order valence-electron chi connectivity index (χ3n) is 2.44. The molecular formula is C13H13NO4S2. The molecule has 1 saturated heterocycles. The Hall–Kier alpha value is -1.60. The van der Waals surface area contributed by atoms with Crippen molar-refractivity contribution in [3.8, 4) is 0 Å². The molecule has 0 N–H and O–H groups in total. The standard InChI is InChI=1S/C13H13NO4S2/c1-2-5-18-11(15)8-14-12(16)10(20-13(14)19)7-9-4-3-6-17-9/h3-4,6-7H,2,5,8H2,1H3. The summed E-state index contributed by atoms with van der Waals surface area (Å²) in [6, 6.07) is 3.47. The van der Waals surface area contributed by atoms with Gasteiger partial charge in [-0.3, -0.25) is 14.5 Å². The molecule has 0 bridgehead atoms. The van der Waals surface area contributed by atoms with Crippen molar-refractivity contribution in [2.75, 3.05) is 13.2 Å². The maximum atomic E-state index is 12.2.